The zero-order chi connectivity index (χ0) is 10.4. The molecule has 0 aliphatic rings. The fourth-order valence-electron chi connectivity index (χ4n) is 1.000. The molecule has 0 aromatic rings. The largest absolute Gasteiger partial charge is 0.0683 e. The summed E-state index contributed by atoms with van der Waals surface area (Å²) in [6.45, 7) is 17.9. The molecular weight excluding hydrogens is 144 g/mol. The maximum Gasteiger partial charge on any atom is -0.0306 e. The zero-order valence-electron chi connectivity index (χ0n) is 10.4. The lowest BCUT2D eigenvalue weighted by molar-refractivity contribution is 0.119. The van der Waals surface area contributed by atoms with Gasteiger partial charge in [-0.05, 0) is 17.3 Å². The summed E-state index contributed by atoms with van der Waals surface area (Å²) in [5.41, 5.74) is 0.935. The van der Waals surface area contributed by atoms with Crippen molar-refractivity contribution in [1.82, 2.24) is 0 Å². The van der Waals surface area contributed by atoms with E-state index in [9.17, 15) is 0 Å². The van der Waals surface area contributed by atoms with Crippen LogP contribution >= 0.6 is 0 Å². The first kappa shape index (κ1) is 14.5. The summed E-state index contributed by atoms with van der Waals surface area (Å²) in [6.07, 6.45) is 2.63. The van der Waals surface area contributed by atoms with Crippen LogP contribution in [-0.4, -0.2) is 0 Å². The van der Waals surface area contributed by atoms with Crippen LogP contribution in [0.1, 0.15) is 68.2 Å². The summed E-state index contributed by atoms with van der Waals surface area (Å²) in [5, 5.41) is 0. The summed E-state index contributed by atoms with van der Waals surface area (Å²) in [7, 11) is 0. The molecule has 76 valence electrons. The van der Waals surface area contributed by atoms with Crippen molar-refractivity contribution in [3.8, 4) is 0 Å². The highest BCUT2D eigenvalue weighted by Crippen LogP contribution is 2.41. The molecular formula is C12H28. The molecule has 0 saturated carbocycles. The molecule has 0 nitrogen and oxygen atoms in total. The van der Waals surface area contributed by atoms with Gasteiger partial charge in [0.25, 0.3) is 0 Å². The van der Waals surface area contributed by atoms with E-state index in [0.29, 0.717) is 10.8 Å². The molecule has 12 heavy (non-hydrogen) atoms. The summed E-state index contributed by atoms with van der Waals surface area (Å²) < 4.78 is 0. The molecule has 0 aromatic heterocycles. The first-order valence-electron chi connectivity index (χ1n) is 5.31. The summed E-state index contributed by atoms with van der Waals surface area (Å²) >= 11 is 0. The van der Waals surface area contributed by atoms with Gasteiger partial charge >= 0.3 is 0 Å². The van der Waals surface area contributed by atoms with Crippen LogP contribution in [0.5, 0.6) is 0 Å². The lowest BCUT2D eigenvalue weighted by Crippen LogP contribution is -2.29. The Kier molecular flexibility index (Phi) is 6.79. The van der Waals surface area contributed by atoms with Gasteiger partial charge < -0.3 is 0 Å². The molecule has 0 heterocycles. The maximum atomic E-state index is 2.36. The van der Waals surface area contributed by atoms with Crippen LogP contribution in [0.4, 0.5) is 0 Å². The molecule has 0 bridgehead atoms. The first-order valence-corrected chi connectivity index (χ1v) is 5.31. The van der Waals surface area contributed by atoms with E-state index in [-0.39, 0.29) is 0 Å². The van der Waals surface area contributed by atoms with Gasteiger partial charge in [-0.3, -0.25) is 0 Å². The first-order chi connectivity index (χ1) is 5.31. The smallest absolute Gasteiger partial charge is 0.0306 e. The second-order valence-electron chi connectivity index (χ2n) is 4.88. The van der Waals surface area contributed by atoms with E-state index >= 15 is 0 Å². The van der Waals surface area contributed by atoms with Gasteiger partial charge in [-0.15, -0.1) is 0 Å². The van der Waals surface area contributed by atoms with Crippen LogP contribution < -0.4 is 0 Å². The molecule has 0 N–H and O–H groups in total. The Balaban J connectivity index is 0. The van der Waals surface area contributed by atoms with Crippen LogP contribution in [-0.2, 0) is 0 Å². The Morgan fingerprint density at radius 2 is 1.17 bits per heavy atom. The SMILES string of the molecule is CC.CCCC(C)(C)C(C)(C)C. The monoisotopic (exact) mass is 172 g/mol. The van der Waals surface area contributed by atoms with E-state index < -0.39 is 0 Å². The van der Waals surface area contributed by atoms with Crippen molar-refractivity contribution in [2.45, 2.75) is 68.2 Å². The molecule has 0 fully saturated rings. The molecule has 0 aliphatic heterocycles. The van der Waals surface area contributed by atoms with Crippen molar-refractivity contribution in [3.05, 3.63) is 0 Å². The Morgan fingerprint density at radius 1 is 0.833 bits per heavy atom. The normalized spacial score (nSPS) is 12.0. The van der Waals surface area contributed by atoms with Gasteiger partial charge in [0.15, 0.2) is 0 Å². The molecule has 0 radical (unpaired) electrons. The quantitative estimate of drug-likeness (QED) is 0.556. The minimum absolute atomic E-state index is 0.447. The molecule has 0 amide bonds. The Bertz CT molecular complexity index is 93.1. The van der Waals surface area contributed by atoms with Crippen LogP contribution in [0.2, 0.25) is 0 Å². The Labute approximate surface area is 79.8 Å². The van der Waals surface area contributed by atoms with Crippen LogP contribution in [0.3, 0.4) is 0 Å². The molecule has 0 aliphatic carbocycles. The number of hydrogen-bond acceptors (Lipinski definition) is 0. The molecule has 0 unspecified atom stereocenters. The van der Waals surface area contributed by atoms with Crippen molar-refractivity contribution < 1.29 is 0 Å². The van der Waals surface area contributed by atoms with Crippen LogP contribution in [0.25, 0.3) is 0 Å². The second kappa shape index (κ2) is 5.61. The van der Waals surface area contributed by atoms with Gasteiger partial charge in [0, 0.05) is 0 Å². The van der Waals surface area contributed by atoms with E-state index in [1.807, 2.05) is 13.8 Å². The van der Waals surface area contributed by atoms with Gasteiger partial charge in [-0.25, -0.2) is 0 Å². The van der Waals surface area contributed by atoms with Crippen molar-refractivity contribution in [2.75, 3.05) is 0 Å². The van der Waals surface area contributed by atoms with E-state index in [1.165, 1.54) is 12.8 Å². The number of hydrogen-bond donors (Lipinski definition) is 0. The average molecular weight is 172 g/mol. The van der Waals surface area contributed by atoms with Crippen LogP contribution in [0.15, 0.2) is 0 Å². The minimum atomic E-state index is 0.447. The highest BCUT2D eigenvalue weighted by atomic mass is 14.4. The zero-order valence-corrected chi connectivity index (χ0v) is 10.4. The van der Waals surface area contributed by atoms with Crippen LogP contribution in [0, 0.1) is 10.8 Å². The summed E-state index contributed by atoms with van der Waals surface area (Å²) in [4.78, 5) is 0. The van der Waals surface area contributed by atoms with E-state index in [4.69, 9.17) is 0 Å². The van der Waals surface area contributed by atoms with Crippen molar-refractivity contribution in [1.29, 1.82) is 0 Å². The minimum Gasteiger partial charge on any atom is -0.0683 e. The lowest BCUT2D eigenvalue weighted by Gasteiger charge is -2.38. The standard InChI is InChI=1S/C10H22.C2H6/c1-7-8-10(5,6)9(2,3)4;1-2/h7-8H2,1-6H3;1-2H3. The molecule has 0 spiro atoms. The second-order valence-corrected chi connectivity index (χ2v) is 4.88. The predicted octanol–water partition coefficient (Wildman–Crippen LogP) is 4.89. The van der Waals surface area contributed by atoms with Gasteiger partial charge in [0.05, 0.1) is 0 Å². The summed E-state index contributed by atoms with van der Waals surface area (Å²) in [6, 6.07) is 0. The van der Waals surface area contributed by atoms with E-state index in [0.717, 1.165) is 0 Å². The van der Waals surface area contributed by atoms with Crippen molar-refractivity contribution in [2.24, 2.45) is 10.8 Å². The van der Waals surface area contributed by atoms with Crippen molar-refractivity contribution >= 4 is 0 Å². The average Bonchev–Trinajstić information content (AvgIpc) is 1.89. The van der Waals surface area contributed by atoms with Gasteiger partial charge in [0.1, 0.15) is 0 Å². The van der Waals surface area contributed by atoms with E-state index in [2.05, 4.69) is 41.5 Å². The lowest BCUT2D eigenvalue weighted by atomic mass is 9.67. The fourth-order valence-corrected chi connectivity index (χ4v) is 1.000. The molecule has 0 saturated heterocycles. The maximum absolute atomic E-state index is 2.36. The summed E-state index contributed by atoms with van der Waals surface area (Å²) in [5.74, 6) is 0. The molecule has 0 aromatic carbocycles. The molecule has 0 heteroatoms. The van der Waals surface area contributed by atoms with Crippen molar-refractivity contribution in [3.63, 3.8) is 0 Å². The molecule has 0 rings (SSSR count). The highest BCUT2D eigenvalue weighted by Gasteiger charge is 2.31. The Morgan fingerprint density at radius 3 is 1.25 bits per heavy atom. The third-order valence-corrected chi connectivity index (χ3v) is 2.91. The predicted molar refractivity (Wildman–Crippen MR) is 59.5 cm³/mol. The van der Waals surface area contributed by atoms with E-state index in [1.54, 1.807) is 0 Å². The third kappa shape index (κ3) is 4.79. The van der Waals surface area contributed by atoms with Gasteiger partial charge in [-0.1, -0.05) is 61.8 Å². The molecule has 0 atom stereocenters. The number of rotatable bonds is 2. The van der Waals surface area contributed by atoms with Gasteiger partial charge in [0.2, 0.25) is 0 Å². The van der Waals surface area contributed by atoms with Gasteiger partial charge in [-0.2, -0.15) is 0 Å². The third-order valence-electron chi connectivity index (χ3n) is 2.91. The highest BCUT2D eigenvalue weighted by molar-refractivity contribution is 4.81. The fraction of sp³-hybridized carbons (Fsp3) is 1.00. The topological polar surface area (TPSA) is 0 Å². The Hall–Kier alpha value is 0.